The van der Waals surface area contributed by atoms with Crippen LogP contribution in [0, 0.1) is 5.92 Å². The summed E-state index contributed by atoms with van der Waals surface area (Å²) in [6, 6.07) is -4.48. The lowest BCUT2D eigenvalue weighted by Crippen LogP contribution is -2.58. The maximum absolute atomic E-state index is 12.7. The molecule has 172 valence electrons. The van der Waals surface area contributed by atoms with Crippen molar-refractivity contribution in [3.05, 3.63) is 0 Å². The number of aliphatic imine (C=N–C) groups is 1. The Labute approximate surface area is 174 Å². The number of aliphatic carboxylic acids is 1. The number of carbonyl (C=O) groups excluding carboxylic acids is 3. The molecule has 0 radical (unpaired) electrons. The molecule has 13 heteroatoms. The zero-order valence-electron chi connectivity index (χ0n) is 17.4. The smallest absolute Gasteiger partial charge is 0.325 e. The van der Waals surface area contributed by atoms with Crippen molar-refractivity contribution in [2.45, 2.75) is 57.8 Å². The number of hydrogen-bond donors (Lipinski definition) is 8. The van der Waals surface area contributed by atoms with E-state index in [0.717, 1.165) is 0 Å². The second-order valence-corrected chi connectivity index (χ2v) is 7.10. The average Bonchev–Trinajstić information content (AvgIpc) is 2.66. The number of carboxylic acid groups (broad SMARTS) is 1. The fourth-order valence-corrected chi connectivity index (χ4v) is 2.29. The predicted octanol–water partition coefficient (Wildman–Crippen LogP) is -3.43. The monoisotopic (exact) mass is 431 g/mol. The van der Waals surface area contributed by atoms with E-state index < -0.39 is 54.5 Å². The van der Waals surface area contributed by atoms with Gasteiger partial charge in [0.05, 0.1) is 6.61 Å². The van der Waals surface area contributed by atoms with Gasteiger partial charge in [-0.3, -0.25) is 24.2 Å². The van der Waals surface area contributed by atoms with Crippen molar-refractivity contribution in [1.29, 1.82) is 0 Å². The first-order valence-corrected chi connectivity index (χ1v) is 9.46. The fraction of sp³-hybridized carbons (Fsp3) is 0.706. The number of aliphatic hydroxyl groups excluding tert-OH is 1. The van der Waals surface area contributed by atoms with Crippen LogP contribution in [0.25, 0.3) is 0 Å². The van der Waals surface area contributed by atoms with Crippen LogP contribution in [0.3, 0.4) is 0 Å². The van der Waals surface area contributed by atoms with Gasteiger partial charge in [-0.15, -0.1) is 0 Å². The molecule has 0 rings (SSSR count). The molecule has 0 unspecified atom stereocenters. The molecule has 0 heterocycles. The summed E-state index contributed by atoms with van der Waals surface area (Å²) in [5.41, 5.74) is 16.0. The van der Waals surface area contributed by atoms with E-state index in [2.05, 4.69) is 20.9 Å². The van der Waals surface area contributed by atoms with Crippen molar-refractivity contribution in [2.75, 3.05) is 13.2 Å². The number of carboxylic acids is 1. The summed E-state index contributed by atoms with van der Waals surface area (Å²) in [5, 5.41) is 25.2. The Kier molecular flexibility index (Phi) is 12.0. The first-order chi connectivity index (χ1) is 13.9. The average molecular weight is 431 g/mol. The molecule has 0 aliphatic heterocycles. The number of amides is 3. The molecule has 0 saturated heterocycles. The largest absolute Gasteiger partial charge is 0.480 e. The van der Waals surface area contributed by atoms with Crippen LogP contribution >= 0.6 is 0 Å². The number of nitrogens with zero attached hydrogens (tertiary/aromatic N) is 1. The maximum Gasteiger partial charge on any atom is 0.325 e. The lowest BCUT2D eigenvalue weighted by atomic mass is 10.0. The second kappa shape index (κ2) is 13.3. The van der Waals surface area contributed by atoms with Gasteiger partial charge in [0, 0.05) is 6.54 Å². The van der Waals surface area contributed by atoms with Crippen LogP contribution < -0.4 is 33.2 Å². The highest BCUT2D eigenvalue weighted by Crippen LogP contribution is 2.06. The van der Waals surface area contributed by atoms with E-state index in [1.165, 1.54) is 6.92 Å². The zero-order valence-corrected chi connectivity index (χ0v) is 17.4. The molecule has 0 saturated carbocycles. The summed E-state index contributed by atoms with van der Waals surface area (Å²) in [6.45, 7) is 4.24. The van der Waals surface area contributed by atoms with E-state index in [1.54, 1.807) is 13.8 Å². The Bertz CT molecular complexity index is 636. The van der Waals surface area contributed by atoms with Crippen molar-refractivity contribution in [3.8, 4) is 0 Å². The predicted molar refractivity (Wildman–Crippen MR) is 109 cm³/mol. The van der Waals surface area contributed by atoms with E-state index in [9.17, 15) is 19.2 Å². The molecule has 0 aromatic rings. The van der Waals surface area contributed by atoms with Crippen LogP contribution in [-0.4, -0.2) is 77.2 Å². The van der Waals surface area contributed by atoms with Crippen molar-refractivity contribution in [3.63, 3.8) is 0 Å². The van der Waals surface area contributed by atoms with E-state index in [-0.39, 0.29) is 24.8 Å². The van der Waals surface area contributed by atoms with Crippen molar-refractivity contribution < 1.29 is 29.4 Å². The quantitative estimate of drug-likeness (QED) is 0.0821. The fourth-order valence-electron chi connectivity index (χ4n) is 2.29. The molecular weight excluding hydrogens is 398 g/mol. The maximum atomic E-state index is 12.7. The van der Waals surface area contributed by atoms with Gasteiger partial charge in [0.2, 0.25) is 17.7 Å². The number of carbonyl (C=O) groups is 4. The summed E-state index contributed by atoms with van der Waals surface area (Å²) in [5.74, 6) is -3.80. The number of guanidine groups is 1. The zero-order chi connectivity index (χ0) is 23.4. The van der Waals surface area contributed by atoms with Crippen LogP contribution in [0.5, 0.6) is 0 Å². The number of rotatable bonds is 13. The summed E-state index contributed by atoms with van der Waals surface area (Å²) in [7, 11) is 0. The molecule has 11 N–H and O–H groups in total. The van der Waals surface area contributed by atoms with Gasteiger partial charge in [0.15, 0.2) is 5.96 Å². The number of nitrogens with two attached hydrogens (primary N) is 3. The van der Waals surface area contributed by atoms with Gasteiger partial charge in [-0.25, -0.2) is 0 Å². The van der Waals surface area contributed by atoms with E-state index in [4.69, 9.17) is 27.4 Å². The molecular formula is C17H33N7O6. The molecule has 3 amide bonds. The third-order valence-electron chi connectivity index (χ3n) is 4.09. The molecule has 0 aromatic heterocycles. The molecule has 0 aliphatic carbocycles. The van der Waals surface area contributed by atoms with Crippen LogP contribution in [0.1, 0.15) is 33.6 Å². The van der Waals surface area contributed by atoms with Gasteiger partial charge in [-0.2, -0.15) is 0 Å². The van der Waals surface area contributed by atoms with Gasteiger partial charge >= 0.3 is 5.97 Å². The van der Waals surface area contributed by atoms with Crippen molar-refractivity contribution in [2.24, 2.45) is 28.1 Å². The molecule has 0 bridgehead atoms. The third-order valence-corrected chi connectivity index (χ3v) is 4.09. The number of aliphatic hydroxyl groups is 1. The Morgan fingerprint density at radius 3 is 2.03 bits per heavy atom. The first-order valence-electron chi connectivity index (χ1n) is 9.46. The summed E-state index contributed by atoms with van der Waals surface area (Å²) >= 11 is 0. The molecule has 0 spiro atoms. The highest BCUT2D eigenvalue weighted by Gasteiger charge is 2.30. The molecule has 13 nitrogen and oxygen atoms in total. The minimum Gasteiger partial charge on any atom is -0.480 e. The highest BCUT2D eigenvalue weighted by molar-refractivity contribution is 5.94. The molecule has 30 heavy (non-hydrogen) atoms. The molecule has 0 aliphatic rings. The molecule has 0 fully saturated rings. The van der Waals surface area contributed by atoms with Crippen LogP contribution in [0.15, 0.2) is 4.99 Å². The minimum atomic E-state index is -1.24. The van der Waals surface area contributed by atoms with Crippen molar-refractivity contribution >= 4 is 29.7 Å². The lowest BCUT2D eigenvalue weighted by molar-refractivity contribution is -0.142. The molecule has 4 atom stereocenters. The van der Waals surface area contributed by atoms with Crippen LogP contribution in [0.4, 0.5) is 0 Å². The summed E-state index contributed by atoms with van der Waals surface area (Å²) < 4.78 is 0. The van der Waals surface area contributed by atoms with Crippen LogP contribution in [-0.2, 0) is 19.2 Å². The van der Waals surface area contributed by atoms with E-state index >= 15 is 0 Å². The Hall–Kier alpha value is -2.93. The number of hydrogen-bond acceptors (Lipinski definition) is 7. The second-order valence-electron chi connectivity index (χ2n) is 7.10. The van der Waals surface area contributed by atoms with E-state index in [0.29, 0.717) is 6.42 Å². The number of nitrogens with one attached hydrogen (secondary N) is 3. The summed E-state index contributed by atoms with van der Waals surface area (Å²) in [4.78, 5) is 51.9. The van der Waals surface area contributed by atoms with Gasteiger partial charge in [0.25, 0.3) is 0 Å². The Morgan fingerprint density at radius 1 is 0.967 bits per heavy atom. The minimum absolute atomic E-state index is 0.121. The van der Waals surface area contributed by atoms with Gasteiger partial charge in [0.1, 0.15) is 24.2 Å². The van der Waals surface area contributed by atoms with Gasteiger partial charge in [-0.05, 0) is 25.7 Å². The highest BCUT2D eigenvalue weighted by atomic mass is 16.4. The topological polar surface area (TPSA) is 235 Å². The standard InChI is InChI=1S/C17H33N7O6/c1-8(2)12(24-13(26)10(18)7-25)15(28)23-11(5-4-6-21-17(19)20)14(27)22-9(3)16(29)30/h8-12,25H,4-7,18H2,1-3H3,(H,22,27)(H,23,28)(H,24,26)(H,29,30)(H4,19,20,21)/t9-,10-,11-,12-/m0/s1. The normalized spacial score (nSPS) is 14.7. The Morgan fingerprint density at radius 2 is 1.57 bits per heavy atom. The first kappa shape index (κ1) is 27.1. The van der Waals surface area contributed by atoms with Crippen molar-refractivity contribution in [1.82, 2.24) is 16.0 Å². The summed E-state index contributed by atoms with van der Waals surface area (Å²) in [6.07, 6.45) is 0.446. The third kappa shape index (κ3) is 10.0. The van der Waals surface area contributed by atoms with E-state index in [1.807, 2.05) is 0 Å². The SMILES string of the molecule is CC(C)[C@H](NC(=O)[C@@H](N)CO)C(=O)N[C@@H](CCCN=C(N)N)C(=O)N[C@@H](C)C(=O)O. The van der Waals surface area contributed by atoms with Crippen LogP contribution in [0.2, 0.25) is 0 Å². The Balaban J connectivity index is 5.31. The molecule has 0 aromatic carbocycles. The van der Waals surface area contributed by atoms with Gasteiger partial charge < -0.3 is 43.4 Å². The lowest BCUT2D eigenvalue weighted by Gasteiger charge is -2.26. The van der Waals surface area contributed by atoms with Gasteiger partial charge in [-0.1, -0.05) is 13.8 Å².